The van der Waals surface area contributed by atoms with E-state index in [0.29, 0.717) is 16.3 Å². The molecule has 0 atom stereocenters. The second-order valence-electron chi connectivity index (χ2n) is 5.25. The lowest BCUT2D eigenvalue weighted by Crippen LogP contribution is -2.25. The van der Waals surface area contributed by atoms with E-state index in [4.69, 9.17) is 5.41 Å². The zero-order chi connectivity index (χ0) is 16.7. The second-order valence-corrected chi connectivity index (χ2v) is 7.05. The van der Waals surface area contributed by atoms with Gasteiger partial charge < -0.3 is 10.0 Å². The van der Waals surface area contributed by atoms with E-state index in [9.17, 15) is 9.50 Å². The highest BCUT2D eigenvalue weighted by Crippen LogP contribution is 2.35. The molecule has 4 rings (SSSR count). The van der Waals surface area contributed by atoms with Gasteiger partial charge in [0.15, 0.2) is 0 Å². The van der Waals surface area contributed by atoms with Crippen LogP contribution in [0.5, 0.6) is 0 Å². The fourth-order valence-electron chi connectivity index (χ4n) is 2.57. The molecule has 1 aliphatic rings. The lowest BCUT2D eigenvalue weighted by Gasteiger charge is -2.18. The highest BCUT2D eigenvalue weighted by atomic mass is 32.1. The number of aromatic nitrogens is 1. The number of halogens is 1. The van der Waals surface area contributed by atoms with Crippen molar-refractivity contribution in [2.75, 3.05) is 11.4 Å². The quantitative estimate of drug-likeness (QED) is 0.709. The highest BCUT2D eigenvalue weighted by molar-refractivity contribution is 7.14. The van der Waals surface area contributed by atoms with Gasteiger partial charge in [-0.15, -0.1) is 22.7 Å². The maximum atomic E-state index is 13.1. The Kier molecular flexibility index (Phi) is 3.66. The third-order valence-corrected chi connectivity index (χ3v) is 5.49. The molecular weight excluding hydrogens is 345 g/mol. The van der Waals surface area contributed by atoms with Crippen LogP contribution in [-0.4, -0.2) is 22.5 Å². The van der Waals surface area contributed by atoms with E-state index in [1.807, 2.05) is 22.9 Å². The van der Waals surface area contributed by atoms with Crippen LogP contribution in [0, 0.1) is 11.2 Å². The Morgan fingerprint density at radius 3 is 2.67 bits per heavy atom. The van der Waals surface area contributed by atoms with Gasteiger partial charge in [-0.1, -0.05) is 6.07 Å². The van der Waals surface area contributed by atoms with Crippen molar-refractivity contribution in [1.82, 2.24) is 4.98 Å². The average molecular weight is 357 g/mol. The Balaban J connectivity index is 1.65. The standard InChI is InChI=1S/C17H12FN3OS2/c18-10-3-5-11(6-4-10)21-8-13(22)15(16(21)19)17-20-12(9-24-17)14-2-1-7-23-14/h1-7,9,19,22H,8H2. The molecule has 0 fully saturated rings. The number of thiophene rings is 1. The van der Waals surface area contributed by atoms with Crippen LogP contribution in [0.4, 0.5) is 10.1 Å². The summed E-state index contributed by atoms with van der Waals surface area (Å²) in [6, 6.07) is 9.83. The van der Waals surface area contributed by atoms with Crippen LogP contribution in [0.3, 0.4) is 0 Å². The fourth-order valence-corrected chi connectivity index (χ4v) is 4.22. The third kappa shape index (κ3) is 2.51. The number of nitrogens with one attached hydrogen (secondary N) is 1. The zero-order valence-corrected chi connectivity index (χ0v) is 14.0. The number of hydrogen-bond donors (Lipinski definition) is 2. The summed E-state index contributed by atoms with van der Waals surface area (Å²) in [6.45, 7) is 0.188. The van der Waals surface area contributed by atoms with Crippen molar-refractivity contribution in [2.45, 2.75) is 0 Å². The Bertz CT molecular complexity index is 929. The summed E-state index contributed by atoms with van der Waals surface area (Å²) in [7, 11) is 0. The average Bonchev–Trinajstić information content (AvgIpc) is 3.28. The molecule has 1 aromatic carbocycles. The Labute approximate surface area is 145 Å². The van der Waals surface area contributed by atoms with Crippen LogP contribution < -0.4 is 4.90 Å². The van der Waals surface area contributed by atoms with E-state index in [2.05, 4.69) is 4.98 Å². The molecule has 120 valence electrons. The molecule has 1 aliphatic heterocycles. The van der Waals surface area contributed by atoms with E-state index in [1.54, 1.807) is 28.4 Å². The first kappa shape index (κ1) is 15.0. The molecule has 7 heteroatoms. The molecule has 3 aromatic rings. The molecular formula is C17H12FN3OS2. The van der Waals surface area contributed by atoms with Crippen molar-refractivity contribution >= 4 is 39.8 Å². The SMILES string of the molecule is N=C1C(c2nc(-c3cccs3)cs2)=C(O)CN1c1ccc(F)cc1. The van der Waals surface area contributed by atoms with Crippen molar-refractivity contribution in [2.24, 2.45) is 0 Å². The van der Waals surface area contributed by atoms with Crippen molar-refractivity contribution in [3.63, 3.8) is 0 Å². The maximum Gasteiger partial charge on any atom is 0.139 e. The van der Waals surface area contributed by atoms with Gasteiger partial charge in [-0.3, -0.25) is 5.41 Å². The smallest absolute Gasteiger partial charge is 0.139 e. The summed E-state index contributed by atoms with van der Waals surface area (Å²) in [4.78, 5) is 7.25. The number of aliphatic hydroxyl groups excluding tert-OH is 1. The van der Waals surface area contributed by atoms with Crippen molar-refractivity contribution in [1.29, 1.82) is 5.41 Å². The highest BCUT2D eigenvalue weighted by Gasteiger charge is 2.31. The molecule has 0 aliphatic carbocycles. The number of anilines is 1. The van der Waals surface area contributed by atoms with Gasteiger partial charge in [0.05, 0.1) is 22.7 Å². The minimum absolute atomic E-state index is 0.108. The van der Waals surface area contributed by atoms with Crippen molar-refractivity contribution in [3.05, 3.63) is 63.7 Å². The van der Waals surface area contributed by atoms with Crippen LogP contribution in [-0.2, 0) is 0 Å². The van der Waals surface area contributed by atoms with Gasteiger partial charge in [0.25, 0.3) is 0 Å². The molecule has 24 heavy (non-hydrogen) atoms. The zero-order valence-electron chi connectivity index (χ0n) is 12.4. The van der Waals surface area contributed by atoms with Crippen molar-refractivity contribution < 1.29 is 9.50 Å². The Morgan fingerprint density at radius 1 is 1.17 bits per heavy atom. The van der Waals surface area contributed by atoms with Crippen LogP contribution in [0.2, 0.25) is 0 Å². The number of amidine groups is 1. The van der Waals surface area contributed by atoms with Crippen LogP contribution in [0.15, 0.2) is 52.9 Å². The van der Waals surface area contributed by atoms with Crippen molar-refractivity contribution in [3.8, 4) is 10.6 Å². The summed E-state index contributed by atoms with van der Waals surface area (Å²) in [5, 5.41) is 23.2. The maximum absolute atomic E-state index is 13.1. The van der Waals surface area contributed by atoms with Gasteiger partial charge in [-0.25, -0.2) is 9.37 Å². The summed E-state index contributed by atoms with van der Waals surface area (Å²) >= 11 is 3.00. The summed E-state index contributed by atoms with van der Waals surface area (Å²) in [5.41, 5.74) is 1.95. The van der Waals surface area contributed by atoms with E-state index in [0.717, 1.165) is 10.6 Å². The molecule has 2 N–H and O–H groups in total. The van der Waals surface area contributed by atoms with Crippen LogP contribution >= 0.6 is 22.7 Å². The molecule has 0 spiro atoms. The normalized spacial score (nSPS) is 14.7. The van der Waals surface area contributed by atoms with E-state index in [-0.39, 0.29) is 24.0 Å². The number of aliphatic hydroxyl groups is 1. The monoisotopic (exact) mass is 357 g/mol. The summed E-state index contributed by atoms with van der Waals surface area (Å²) in [6.07, 6.45) is 0. The van der Waals surface area contributed by atoms with E-state index >= 15 is 0 Å². The molecule has 0 radical (unpaired) electrons. The molecule has 4 nitrogen and oxygen atoms in total. The second kappa shape index (κ2) is 5.85. The molecule has 0 amide bonds. The molecule has 3 heterocycles. The van der Waals surface area contributed by atoms with E-state index in [1.165, 1.54) is 23.5 Å². The predicted octanol–water partition coefficient (Wildman–Crippen LogP) is 4.78. The first-order valence-electron chi connectivity index (χ1n) is 7.17. The number of nitrogens with zero attached hydrogens (tertiary/aromatic N) is 2. The van der Waals surface area contributed by atoms with E-state index < -0.39 is 0 Å². The van der Waals surface area contributed by atoms with Gasteiger partial charge in [0.1, 0.15) is 22.4 Å². The van der Waals surface area contributed by atoms with Gasteiger partial charge >= 0.3 is 0 Å². The minimum Gasteiger partial charge on any atom is -0.510 e. The van der Waals surface area contributed by atoms with Gasteiger partial charge in [-0.2, -0.15) is 0 Å². The lowest BCUT2D eigenvalue weighted by molar-refractivity contribution is 0.411. The van der Waals surface area contributed by atoms with Gasteiger partial charge in [-0.05, 0) is 35.7 Å². The molecule has 2 aromatic heterocycles. The topological polar surface area (TPSA) is 60.2 Å². The molecule has 0 saturated carbocycles. The van der Waals surface area contributed by atoms with Crippen LogP contribution in [0.25, 0.3) is 16.1 Å². The fraction of sp³-hybridized carbons (Fsp3) is 0.0588. The third-order valence-electron chi connectivity index (χ3n) is 3.73. The number of rotatable bonds is 3. The number of thiazole rings is 1. The molecule has 0 unspecified atom stereocenters. The largest absolute Gasteiger partial charge is 0.510 e. The first-order valence-corrected chi connectivity index (χ1v) is 8.93. The Morgan fingerprint density at radius 2 is 1.96 bits per heavy atom. The Hall–Kier alpha value is -2.51. The number of hydrogen-bond acceptors (Lipinski definition) is 5. The summed E-state index contributed by atoms with van der Waals surface area (Å²) in [5.74, 6) is -0.0509. The first-order chi connectivity index (χ1) is 11.6. The van der Waals surface area contributed by atoms with Crippen LogP contribution in [0.1, 0.15) is 5.01 Å². The van der Waals surface area contributed by atoms with Gasteiger partial charge in [0.2, 0.25) is 0 Å². The molecule has 0 saturated heterocycles. The summed E-state index contributed by atoms with van der Waals surface area (Å²) < 4.78 is 13.1. The van der Waals surface area contributed by atoms with Gasteiger partial charge in [0, 0.05) is 11.1 Å². The predicted molar refractivity (Wildman–Crippen MR) is 96.4 cm³/mol. The number of benzene rings is 1. The lowest BCUT2D eigenvalue weighted by atomic mass is 10.2. The molecule has 0 bridgehead atoms. The minimum atomic E-state index is -0.331.